The molecule has 50 valence electrons. The van der Waals surface area contributed by atoms with E-state index in [-0.39, 0.29) is 0 Å². The van der Waals surface area contributed by atoms with Crippen LogP contribution in [0.2, 0.25) is 0 Å². The molecule has 0 radical (unpaired) electrons. The van der Waals surface area contributed by atoms with Crippen LogP contribution >= 0.6 is 0 Å². The van der Waals surface area contributed by atoms with Crippen LogP contribution < -0.4 is 11.2 Å². The van der Waals surface area contributed by atoms with Crippen LogP contribution in [-0.2, 0) is 4.74 Å². The highest BCUT2D eigenvalue weighted by atomic mass is 16.5. The molecule has 1 saturated heterocycles. The van der Waals surface area contributed by atoms with Crippen LogP contribution in [0.5, 0.6) is 0 Å². The third kappa shape index (κ3) is 4.01. The van der Waals surface area contributed by atoms with Crippen molar-refractivity contribution in [2.45, 2.75) is 0 Å². The van der Waals surface area contributed by atoms with Gasteiger partial charge in [0.15, 0.2) is 0 Å². The Bertz CT molecular complexity index is 27.5. The Morgan fingerprint density at radius 1 is 1.25 bits per heavy atom. The highest BCUT2D eigenvalue weighted by Gasteiger charge is 1.92. The van der Waals surface area contributed by atoms with Crippen molar-refractivity contribution in [2.75, 3.05) is 26.3 Å². The van der Waals surface area contributed by atoms with Crippen molar-refractivity contribution in [2.24, 2.45) is 0 Å². The summed E-state index contributed by atoms with van der Waals surface area (Å²) in [5, 5.41) is 11.2. The Morgan fingerprint density at radius 3 is 1.88 bits per heavy atom. The molecule has 4 N–H and O–H groups in total. The van der Waals surface area contributed by atoms with Crippen LogP contribution in [0.25, 0.3) is 0 Å². The molecule has 0 unspecified atom stereocenters. The van der Waals surface area contributed by atoms with Crippen molar-refractivity contribution in [3.63, 3.8) is 0 Å². The van der Waals surface area contributed by atoms with Crippen LogP contribution in [-0.4, -0.2) is 26.3 Å². The van der Waals surface area contributed by atoms with Crippen LogP contribution in [0.15, 0.2) is 0 Å². The van der Waals surface area contributed by atoms with E-state index >= 15 is 0 Å². The zero-order valence-electron chi connectivity index (χ0n) is 4.85. The third-order valence-corrected chi connectivity index (χ3v) is 0.846. The Hall–Kier alpha value is -0.160. The van der Waals surface area contributed by atoms with E-state index < -0.39 is 0 Å². The molecule has 1 rings (SSSR count). The van der Waals surface area contributed by atoms with Crippen molar-refractivity contribution in [1.29, 1.82) is 0 Å². The average molecular weight is 120 g/mol. The van der Waals surface area contributed by atoms with E-state index in [0.717, 1.165) is 26.3 Å². The molecule has 0 aromatic carbocycles. The third-order valence-electron chi connectivity index (χ3n) is 0.846. The average Bonchev–Trinajstić information content (AvgIpc) is 1.96. The summed E-state index contributed by atoms with van der Waals surface area (Å²) in [6, 6.07) is 0. The fourth-order valence-electron chi connectivity index (χ4n) is 0.516. The second-order valence-corrected chi connectivity index (χ2v) is 1.36. The van der Waals surface area contributed by atoms with Crippen LogP contribution in [0, 0.1) is 5.21 Å². The van der Waals surface area contributed by atoms with Gasteiger partial charge < -0.3 is 21.2 Å². The first-order valence-electron chi connectivity index (χ1n) is 2.57. The van der Waals surface area contributed by atoms with E-state index in [0.29, 0.717) is 0 Å². The zero-order chi connectivity index (χ0) is 6.24. The monoisotopic (exact) mass is 120 g/mol. The van der Waals surface area contributed by atoms with Crippen molar-refractivity contribution in [1.82, 2.24) is 5.32 Å². The van der Waals surface area contributed by atoms with Crippen molar-refractivity contribution in [3.8, 4) is 0 Å². The first kappa shape index (κ1) is 7.84. The van der Waals surface area contributed by atoms with Gasteiger partial charge in [0.25, 0.3) is 0 Å². The Balaban J connectivity index is 0.000000222. The standard InChI is InChI=1S/C4H9NO.H3NO/c1-3-6-4-2-5-1;1-2/h5H,1-4H2;1H3. The number of rotatable bonds is 0. The number of nitrogens with one attached hydrogen (secondary N) is 1. The molecule has 0 spiro atoms. The molecule has 4 heteroatoms. The fraction of sp³-hybridized carbons (Fsp3) is 1.00. The summed E-state index contributed by atoms with van der Waals surface area (Å²) in [6.07, 6.45) is 0. The molecule has 1 fully saturated rings. The zero-order valence-corrected chi connectivity index (χ0v) is 4.85. The van der Waals surface area contributed by atoms with E-state index in [2.05, 4.69) is 5.32 Å². The van der Waals surface area contributed by atoms with Gasteiger partial charge in [-0.25, -0.2) is 0 Å². The number of hydrogen-bond donors (Lipinski definition) is 2. The van der Waals surface area contributed by atoms with Crippen molar-refractivity contribution >= 4 is 0 Å². The maximum Gasteiger partial charge on any atom is 0.0591 e. The molecule has 0 aromatic heterocycles. The quantitative estimate of drug-likeness (QED) is 0.375. The van der Waals surface area contributed by atoms with Crippen LogP contribution in [0.3, 0.4) is 0 Å². The fourth-order valence-corrected chi connectivity index (χ4v) is 0.516. The largest absolute Gasteiger partial charge is 0.637 e. The Labute approximate surface area is 48.6 Å². The van der Waals surface area contributed by atoms with Crippen LogP contribution in [0.1, 0.15) is 0 Å². The normalized spacial score (nSPS) is 18.8. The maximum absolute atomic E-state index is 8.00. The van der Waals surface area contributed by atoms with E-state index in [1.807, 2.05) is 5.90 Å². The molecule has 1 heterocycles. The van der Waals surface area contributed by atoms with E-state index in [1.54, 1.807) is 0 Å². The lowest BCUT2D eigenvalue weighted by Crippen LogP contribution is -2.37. The molecule has 1 aliphatic rings. The highest BCUT2D eigenvalue weighted by molar-refractivity contribution is 4.49. The van der Waals surface area contributed by atoms with Gasteiger partial charge in [-0.1, -0.05) is 0 Å². The summed E-state index contributed by atoms with van der Waals surface area (Å²) in [7, 11) is 0. The lowest BCUT2D eigenvalue weighted by atomic mass is 10.5. The van der Waals surface area contributed by atoms with Crippen molar-refractivity contribution in [3.05, 3.63) is 5.21 Å². The van der Waals surface area contributed by atoms with Gasteiger partial charge in [0.05, 0.1) is 13.2 Å². The van der Waals surface area contributed by atoms with E-state index in [9.17, 15) is 0 Å². The smallest absolute Gasteiger partial charge is 0.0591 e. The van der Waals surface area contributed by atoms with Gasteiger partial charge in [0.2, 0.25) is 0 Å². The molecule has 0 atom stereocenters. The number of morpholine rings is 1. The minimum absolute atomic E-state index is 0.889. The Morgan fingerprint density at radius 2 is 1.75 bits per heavy atom. The second kappa shape index (κ2) is 6.84. The maximum atomic E-state index is 8.00. The topological polar surface area (TPSA) is 72.0 Å². The first-order valence-corrected chi connectivity index (χ1v) is 2.57. The first-order chi connectivity index (χ1) is 4.00. The molecular formula is C4H12N2O2. The summed E-state index contributed by atoms with van der Waals surface area (Å²) >= 11 is 0. The highest BCUT2D eigenvalue weighted by Crippen LogP contribution is 1.76. The van der Waals surface area contributed by atoms with Gasteiger partial charge in [-0.15, -0.1) is 0 Å². The molecule has 0 aliphatic carbocycles. The van der Waals surface area contributed by atoms with Gasteiger partial charge in [-0.2, -0.15) is 0 Å². The molecule has 0 saturated carbocycles. The molecule has 0 aromatic rings. The Kier molecular flexibility index (Phi) is 6.70. The van der Waals surface area contributed by atoms with E-state index in [4.69, 9.17) is 9.94 Å². The summed E-state index contributed by atoms with van der Waals surface area (Å²) in [6.45, 7) is 3.83. The minimum Gasteiger partial charge on any atom is -0.637 e. The number of quaternary nitrogens is 1. The molecule has 0 amide bonds. The number of hydrogen-bond acceptors (Lipinski definition) is 3. The minimum atomic E-state index is 0.889. The molecule has 4 nitrogen and oxygen atoms in total. The molecule has 0 bridgehead atoms. The van der Waals surface area contributed by atoms with Crippen LogP contribution in [0.4, 0.5) is 0 Å². The van der Waals surface area contributed by atoms with Gasteiger partial charge in [0, 0.05) is 13.1 Å². The van der Waals surface area contributed by atoms with Gasteiger partial charge in [-0.05, 0) is 0 Å². The predicted molar refractivity (Wildman–Crippen MR) is 29.9 cm³/mol. The summed E-state index contributed by atoms with van der Waals surface area (Å²) in [5.41, 5.74) is 0. The van der Waals surface area contributed by atoms with Crippen molar-refractivity contribution < 1.29 is 10.6 Å². The van der Waals surface area contributed by atoms with Gasteiger partial charge in [-0.3, -0.25) is 0 Å². The lowest BCUT2D eigenvalue weighted by Gasteiger charge is -2.10. The number of ether oxygens (including phenoxy) is 1. The van der Waals surface area contributed by atoms with Gasteiger partial charge >= 0.3 is 0 Å². The molecule has 8 heavy (non-hydrogen) atoms. The lowest BCUT2D eigenvalue weighted by molar-refractivity contribution is -0.275. The van der Waals surface area contributed by atoms with Gasteiger partial charge in [0.1, 0.15) is 0 Å². The summed E-state index contributed by atoms with van der Waals surface area (Å²) < 4.78 is 5.01. The molecular weight excluding hydrogens is 108 g/mol. The predicted octanol–water partition coefficient (Wildman–Crippen LogP) is -1.67. The summed E-state index contributed by atoms with van der Waals surface area (Å²) in [5.74, 6) is 2.00. The summed E-state index contributed by atoms with van der Waals surface area (Å²) in [4.78, 5) is 0. The van der Waals surface area contributed by atoms with E-state index in [1.165, 1.54) is 0 Å². The second-order valence-electron chi connectivity index (χ2n) is 1.36. The molecule has 1 aliphatic heterocycles. The SMILES string of the molecule is C1COCCN1.[NH3+][O-].